The molecule has 1 aromatic carbocycles. The number of anilines is 1. The zero-order valence-electron chi connectivity index (χ0n) is 12.3. The summed E-state index contributed by atoms with van der Waals surface area (Å²) in [5.41, 5.74) is 6.95. The Morgan fingerprint density at radius 2 is 1.55 bits per heavy atom. The number of aliphatic hydroxyl groups excluding tert-OH is 2. The van der Waals surface area contributed by atoms with Gasteiger partial charge in [-0.2, -0.15) is 5.11 Å². The smallest absolute Gasteiger partial charge is 0.123 e. The van der Waals surface area contributed by atoms with Gasteiger partial charge in [-0.15, -0.1) is 5.11 Å². The molecule has 0 radical (unpaired) electrons. The molecule has 0 aliphatic heterocycles. The molecule has 118 valence electrons. The van der Waals surface area contributed by atoms with Gasteiger partial charge in [0.05, 0.1) is 25.1 Å². The standard InChI is InChI=1S/C11H10N4.C4H11NO2/c12-11-7-6-10(8-13-11)15-14-9-4-2-1-3-5-9;6-3-1-5-2-4-7/h1-8H,(H2,12,13);5-7H,1-4H2. The molecular formula is C15H21N5O2. The lowest BCUT2D eigenvalue weighted by atomic mass is 10.3. The van der Waals surface area contributed by atoms with Gasteiger partial charge < -0.3 is 21.3 Å². The van der Waals surface area contributed by atoms with Gasteiger partial charge in [-0.05, 0) is 24.3 Å². The number of hydrogen-bond donors (Lipinski definition) is 4. The van der Waals surface area contributed by atoms with Crippen molar-refractivity contribution in [2.75, 3.05) is 32.0 Å². The summed E-state index contributed by atoms with van der Waals surface area (Å²) in [4.78, 5) is 3.92. The number of pyridine rings is 1. The number of hydrogen-bond acceptors (Lipinski definition) is 7. The second-order valence-corrected chi connectivity index (χ2v) is 4.17. The fourth-order valence-electron chi connectivity index (χ4n) is 1.35. The third kappa shape index (κ3) is 8.05. The van der Waals surface area contributed by atoms with Crippen molar-refractivity contribution in [3.63, 3.8) is 0 Å². The molecule has 0 saturated heterocycles. The van der Waals surface area contributed by atoms with E-state index in [0.717, 1.165) is 5.69 Å². The molecule has 7 heteroatoms. The predicted molar refractivity (Wildman–Crippen MR) is 86.3 cm³/mol. The minimum Gasteiger partial charge on any atom is -0.395 e. The SMILES string of the molecule is Nc1ccc(N=Nc2ccccc2)cn1.OCCNCCO. The van der Waals surface area contributed by atoms with Crippen LogP contribution in [-0.4, -0.2) is 41.5 Å². The molecule has 0 aliphatic carbocycles. The quantitative estimate of drug-likeness (QED) is 0.478. The van der Waals surface area contributed by atoms with E-state index < -0.39 is 0 Å². The van der Waals surface area contributed by atoms with E-state index in [1.165, 1.54) is 0 Å². The summed E-state index contributed by atoms with van der Waals surface area (Å²) in [6.07, 6.45) is 1.59. The van der Waals surface area contributed by atoms with Crippen molar-refractivity contribution in [1.82, 2.24) is 10.3 Å². The van der Waals surface area contributed by atoms with Gasteiger partial charge in [0, 0.05) is 13.1 Å². The van der Waals surface area contributed by atoms with Crippen LogP contribution < -0.4 is 11.1 Å². The molecule has 22 heavy (non-hydrogen) atoms. The normalized spacial score (nSPS) is 10.3. The molecule has 0 atom stereocenters. The molecule has 1 aromatic heterocycles. The molecule has 7 nitrogen and oxygen atoms in total. The number of nitrogens with two attached hydrogens (primary N) is 1. The van der Waals surface area contributed by atoms with E-state index >= 15 is 0 Å². The van der Waals surface area contributed by atoms with E-state index in [9.17, 15) is 0 Å². The van der Waals surface area contributed by atoms with E-state index in [4.69, 9.17) is 15.9 Å². The van der Waals surface area contributed by atoms with Gasteiger partial charge >= 0.3 is 0 Å². The van der Waals surface area contributed by atoms with Crippen LogP contribution in [0.4, 0.5) is 17.2 Å². The molecule has 2 rings (SSSR count). The van der Waals surface area contributed by atoms with Gasteiger partial charge in [-0.1, -0.05) is 18.2 Å². The molecule has 0 spiro atoms. The number of nitrogens with zero attached hydrogens (tertiary/aromatic N) is 3. The third-order valence-electron chi connectivity index (χ3n) is 2.39. The fraction of sp³-hybridized carbons (Fsp3) is 0.267. The van der Waals surface area contributed by atoms with E-state index in [0.29, 0.717) is 24.6 Å². The highest BCUT2D eigenvalue weighted by molar-refractivity contribution is 5.41. The first-order valence-electron chi connectivity index (χ1n) is 6.87. The minimum absolute atomic E-state index is 0.139. The number of nitrogen functional groups attached to an aromatic ring is 1. The molecule has 0 amide bonds. The van der Waals surface area contributed by atoms with Gasteiger partial charge in [-0.25, -0.2) is 4.98 Å². The van der Waals surface area contributed by atoms with Gasteiger partial charge in [0.2, 0.25) is 0 Å². The Bertz CT molecular complexity index is 527. The summed E-state index contributed by atoms with van der Waals surface area (Å²) in [7, 11) is 0. The molecule has 5 N–H and O–H groups in total. The van der Waals surface area contributed by atoms with Crippen molar-refractivity contribution < 1.29 is 10.2 Å². The number of rotatable bonds is 6. The average Bonchev–Trinajstić information content (AvgIpc) is 2.56. The Hall–Kier alpha value is -2.35. The Morgan fingerprint density at radius 1 is 0.909 bits per heavy atom. The highest BCUT2D eigenvalue weighted by Crippen LogP contribution is 2.16. The summed E-state index contributed by atoms with van der Waals surface area (Å²) < 4.78 is 0. The van der Waals surface area contributed by atoms with Crippen molar-refractivity contribution in [1.29, 1.82) is 0 Å². The van der Waals surface area contributed by atoms with E-state index in [2.05, 4.69) is 20.5 Å². The van der Waals surface area contributed by atoms with E-state index in [1.807, 2.05) is 30.3 Å². The maximum absolute atomic E-state index is 8.15. The molecule has 0 aliphatic rings. The van der Waals surface area contributed by atoms with Crippen LogP contribution in [0.5, 0.6) is 0 Å². The van der Waals surface area contributed by atoms with Gasteiger partial charge in [0.1, 0.15) is 11.5 Å². The topological polar surface area (TPSA) is 116 Å². The fourth-order valence-corrected chi connectivity index (χ4v) is 1.35. The largest absolute Gasteiger partial charge is 0.395 e. The number of aromatic nitrogens is 1. The minimum atomic E-state index is 0.139. The Kier molecular flexibility index (Phi) is 9.11. The molecule has 2 aromatic rings. The second-order valence-electron chi connectivity index (χ2n) is 4.17. The zero-order chi connectivity index (χ0) is 16.0. The maximum atomic E-state index is 8.15. The summed E-state index contributed by atoms with van der Waals surface area (Å²) in [6.45, 7) is 1.42. The Balaban J connectivity index is 0.000000295. The lowest BCUT2D eigenvalue weighted by molar-refractivity contribution is 0.267. The average molecular weight is 303 g/mol. The zero-order valence-corrected chi connectivity index (χ0v) is 12.3. The summed E-state index contributed by atoms with van der Waals surface area (Å²) in [6, 6.07) is 13.0. The van der Waals surface area contributed by atoms with Crippen LogP contribution in [0, 0.1) is 0 Å². The van der Waals surface area contributed by atoms with Gasteiger partial charge in [0.15, 0.2) is 0 Å². The summed E-state index contributed by atoms with van der Waals surface area (Å²) >= 11 is 0. The maximum Gasteiger partial charge on any atom is 0.123 e. The first-order valence-corrected chi connectivity index (χ1v) is 6.87. The van der Waals surface area contributed by atoms with E-state index in [-0.39, 0.29) is 13.2 Å². The molecule has 0 bridgehead atoms. The van der Waals surface area contributed by atoms with Gasteiger partial charge in [-0.3, -0.25) is 0 Å². The first kappa shape index (κ1) is 17.7. The van der Waals surface area contributed by atoms with Gasteiger partial charge in [0.25, 0.3) is 0 Å². The first-order chi connectivity index (χ1) is 10.8. The van der Waals surface area contributed by atoms with Crippen molar-refractivity contribution in [3.8, 4) is 0 Å². The van der Waals surface area contributed by atoms with Crippen LogP contribution in [0.3, 0.4) is 0 Å². The monoisotopic (exact) mass is 303 g/mol. The van der Waals surface area contributed by atoms with Crippen LogP contribution in [0.15, 0.2) is 58.9 Å². The predicted octanol–water partition coefficient (Wildman–Crippen LogP) is 1.64. The lowest BCUT2D eigenvalue weighted by Crippen LogP contribution is -2.21. The van der Waals surface area contributed by atoms with Crippen molar-refractivity contribution in [2.24, 2.45) is 10.2 Å². The van der Waals surface area contributed by atoms with Crippen LogP contribution in [0.2, 0.25) is 0 Å². The van der Waals surface area contributed by atoms with E-state index in [1.54, 1.807) is 18.3 Å². The summed E-state index contributed by atoms with van der Waals surface area (Å²) in [5, 5.41) is 27.2. The van der Waals surface area contributed by atoms with Crippen LogP contribution >= 0.6 is 0 Å². The van der Waals surface area contributed by atoms with Crippen molar-refractivity contribution >= 4 is 17.2 Å². The van der Waals surface area contributed by atoms with Crippen LogP contribution in [0.25, 0.3) is 0 Å². The van der Waals surface area contributed by atoms with Crippen LogP contribution in [-0.2, 0) is 0 Å². The highest BCUT2D eigenvalue weighted by Gasteiger charge is 1.90. The molecule has 0 unspecified atom stereocenters. The number of aliphatic hydroxyl groups is 2. The molecule has 0 fully saturated rings. The molecule has 0 saturated carbocycles. The molecular weight excluding hydrogens is 282 g/mol. The van der Waals surface area contributed by atoms with Crippen molar-refractivity contribution in [3.05, 3.63) is 48.7 Å². The molecule has 1 heterocycles. The second kappa shape index (κ2) is 11.3. The summed E-state index contributed by atoms with van der Waals surface area (Å²) in [5.74, 6) is 0.480. The van der Waals surface area contributed by atoms with Crippen molar-refractivity contribution in [2.45, 2.75) is 0 Å². The Morgan fingerprint density at radius 3 is 2.09 bits per heavy atom. The Labute approximate surface area is 129 Å². The lowest BCUT2D eigenvalue weighted by Gasteiger charge is -1.94. The number of benzene rings is 1. The highest BCUT2D eigenvalue weighted by atomic mass is 16.3. The third-order valence-corrected chi connectivity index (χ3v) is 2.39. The number of azo groups is 1. The number of nitrogens with one attached hydrogen (secondary N) is 1. The van der Waals surface area contributed by atoms with Crippen LogP contribution in [0.1, 0.15) is 0 Å².